The molecule has 1 aromatic carbocycles. The lowest BCUT2D eigenvalue weighted by atomic mass is 10.2. The summed E-state index contributed by atoms with van der Waals surface area (Å²) in [5, 5.41) is 0. The van der Waals surface area contributed by atoms with Gasteiger partial charge in [-0.15, -0.1) is 0 Å². The highest BCUT2D eigenvalue weighted by molar-refractivity contribution is 9.10. The van der Waals surface area contributed by atoms with Gasteiger partial charge in [-0.25, -0.2) is 12.8 Å². The molecule has 0 fully saturated rings. The van der Waals surface area contributed by atoms with Crippen molar-refractivity contribution in [3.8, 4) is 0 Å². The quantitative estimate of drug-likeness (QED) is 0.930. The molecule has 0 saturated carbocycles. The van der Waals surface area contributed by atoms with Gasteiger partial charge in [0.25, 0.3) is 10.0 Å². The van der Waals surface area contributed by atoms with E-state index < -0.39 is 15.8 Å². The van der Waals surface area contributed by atoms with Gasteiger partial charge in [0.15, 0.2) is 0 Å². The van der Waals surface area contributed by atoms with Crippen LogP contribution < -0.4 is 4.72 Å². The lowest BCUT2D eigenvalue weighted by Gasteiger charge is -2.08. The number of nitrogens with one attached hydrogen (secondary N) is 1. The summed E-state index contributed by atoms with van der Waals surface area (Å²) < 4.78 is 40.3. The number of sulfonamides is 1. The smallest absolute Gasteiger partial charge is 0.263 e. The topological polar surface area (TPSA) is 59.1 Å². The SMILES string of the molecule is Cc1ccc(NS(=O)(=O)c2cncc(Br)c2)cc1F. The Labute approximate surface area is 118 Å². The molecule has 0 atom stereocenters. The summed E-state index contributed by atoms with van der Waals surface area (Å²) in [7, 11) is -3.77. The van der Waals surface area contributed by atoms with Crippen LogP contribution in [0.15, 0.2) is 46.0 Å². The van der Waals surface area contributed by atoms with Crippen molar-refractivity contribution in [2.45, 2.75) is 11.8 Å². The molecule has 7 heteroatoms. The molecule has 0 bridgehead atoms. The Morgan fingerprint density at radius 2 is 2.00 bits per heavy atom. The molecule has 0 amide bonds. The highest BCUT2D eigenvalue weighted by atomic mass is 79.9. The van der Waals surface area contributed by atoms with Gasteiger partial charge in [-0.2, -0.15) is 0 Å². The van der Waals surface area contributed by atoms with Gasteiger partial charge in [-0.05, 0) is 46.6 Å². The van der Waals surface area contributed by atoms with E-state index in [0.29, 0.717) is 10.0 Å². The molecule has 0 aliphatic heterocycles. The third-order valence-corrected chi connectivity index (χ3v) is 4.20. The molecule has 0 aliphatic rings. The number of hydrogen-bond acceptors (Lipinski definition) is 3. The molecular formula is C12H10BrFN2O2S. The summed E-state index contributed by atoms with van der Waals surface area (Å²) in [6, 6.07) is 5.56. The highest BCUT2D eigenvalue weighted by Gasteiger charge is 2.15. The Morgan fingerprint density at radius 1 is 1.26 bits per heavy atom. The average molecular weight is 345 g/mol. The van der Waals surface area contributed by atoms with Gasteiger partial charge in [0.2, 0.25) is 0 Å². The molecule has 2 aromatic rings. The molecule has 1 N–H and O–H groups in total. The van der Waals surface area contributed by atoms with Crippen molar-refractivity contribution >= 4 is 31.6 Å². The number of hydrogen-bond donors (Lipinski definition) is 1. The second kappa shape index (κ2) is 5.26. The van der Waals surface area contributed by atoms with Crippen LogP contribution in [-0.4, -0.2) is 13.4 Å². The molecule has 0 saturated heterocycles. The molecule has 0 spiro atoms. The van der Waals surface area contributed by atoms with Crippen LogP contribution >= 0.6 is 15.9 Å². The highest BCUT2D eigenvalue weighted by Crippen LogP contribution is 2.20. The lowest BCUT2D eigenvalue weighted by molar-refractivity contribution is 0.600. The van der Waals surface area contributed by atoms with Gasteiger partial charge in [-0.3, -0.25) is 9.71 Å². The fraction of sp³-hybridized carbons (Fsp3) is 0.0833. The number of anilines is 1. The monoisotopic (exact) mass is 344 g/mol. The number of aromatic nitrogens is 1. The van der Waals surface area contributed by atoms with Crippen LogP contribution in [0.4, 0.5) is 10.1 Å². The maximum atomic E-state index is 13.4. The second-order valence-corrected chi connectivity index (χ2v) is 6.51. The van der Waals surface area contributed by atoms with Gasteiger partial charge >= 0.3 is 0 Å². The summed E-state index contributed by atoms with van der Waals surface area (Å²) in [4.78, 5) is 3.79. The van der Waals surface area contributed by atoms with Crippen molar-refractivity contribution < 1.29 is 12.8 Å². The van der Waals surface area contributed by atoms with E-state index in [9.17, 15) is 12.8 Å². The van der Waals surface area contributed by atoms with Crippen LogP contribution in [0.1, 0.15) is 5.56 Å². The Morgan fingerprint density at radius 3 is 2.63 bits per heavy atom. The molecule has 2 rings (SSSR count). The zero-order valence-electron chi connectivity index (χ0n) is 9.89. The van der Waals surface area contributed by atoms with Crippen LogP contribution in [-0.2, 0) is 10.0 Å². The van der Waals surface area contributed by atoms with Crippen molar-refractivity contribution in [3.05, 3.63) is 52.5 Å². The first-order valence-electron chi connectivity index (χ1n) is 5.28. The maximum absolute atomic E-state index is 13.4. The van der Waals surface area contributed by atoms with Gasteiger partial charge in [0.05, 0.1) is 5.69 Å². The van der Waals surface area contributed by atoms with Crippen LogP contribution in [0.5, 0.6) is 0 Å². The molecule has 100 valence electrons. The van der Waals surface area contributed by atoms with Crippen molar-refractivity contribution in [1.82, 2.24) is 4.98 Å². The maximum Gasteiger partial charge on any atom is 0.263 e. The molecule has 4 nitrogen and oxygen atoms in total. The molecule has 0 aliphatic carbocycles. The lowest BCUT2D eigenvalue weighted by Crippen LogP contribution is -2.13. The van der Waals surface area contributed by atoms with Crippen LogP contribution in [0.2, 0.25) is 0 Å². The number of nitrogens with zero attached hydrogens (tertiary/aromatic N) is 1. The predicted octanol–water partition coefficient (Wildman–Crippen LogP) is 3.09. The van der Waals surface area contributed by atoms with E-state index in [2.05, 4.69) is 25.6 Å². The van der Waals surface area contributed by atoms with Crippen molar-refractivity contribution in [1.29, 1.82) is 0 Å². The number of pyridine rings is 1. The van der Waals surface area contributed by atoms with Crippen LogP contribution in [0.3, 0.4) is 0 Å². The summed E-state index contributed by atoms with van der Waals surface area (Å²) >= 11 is 3.15. The van der Waals surface area contributed by atoms with Gasteiger partial charge in [0.1, 0.15) is 10.7 Å². The summed E-state index contributed by atoms with van der Waals surface area (Å²) in [5.74, 6) is -0.465. The van der Waals surface area contributed by atoms with Gasteiger partial charge in [-0.1, -0.05) is 6.07 Å². The Bertz CT molecular complexity index is 719. The minimum absolute atomic E-state index is 0.00265. The predicted molar refractivity (Wildman–Crippen MR) is 73.9 cm³/mol. The van der Waals surface area contributed by atoms with Crippen molar-refractivity contribution in [2.24, 2.45) is 0 Å². The van der Waals surface area contributed by atoms with E-state index in [4.69, 9.17) is 0 Å². The third-order valence-electron chi connectivity index (χ3n) is 2.41. The average Bonchev–Trinajstić information content (AvgIpc) is 2.33. The Kier molecular flexibility index (Phi) is 3.86. The summed E-state index contributed by atoms with van der Waals surface area (Å²) in [6.07, 6.45) is 2.70. The molecular weight excluding hydrogens is 335 g/mol. The van der Waals surface area contributed by atoms with Crippen LogP contribution in [0, 0.1) is 12.7 Å². The van der Waals surface area contributed by atoms with Gasteiger partial charge < -0.3 is 0 Å². The van der Waals surface area contributed by atoms with E-state index in [1.165, 1.54) is 30.6 Å². The van der Waals surface area contributed by atoms with E-state index >= 15 is 0 Å². The number of halogens is 2. The zero-order chi connectivity index (χ0) is 14.0. The molecule has 0 radical (unpaired) electrons. The second-order valence-electron chi connectivity index (χ2n) is 3.91. The minimum atomic E-state index is -3.77. The largest absolute Gasteiger partial charge is 0.279 e. The first-order chi connectivity index (χ1) is 8.88. The fourth-order valence-corrected chi connectivity index (χ4v) is 2.96. The number of benzene rings is 1. The van der Waals surface area contributed by atoms with E-state index in [0.717, 1.165) is 6.07 Å². The molecule has 19 heavy (non-hydrogen) atoms. The summed E-state index contributed by atoms with van der Waals surface area (Å²) in [6.45, 7) is 1.60. The normalized spacial score (nSPS) is 11.3. The van der Waals surface area contributed by atoms with E-state index in [1.807, 2.05) is 0 Å². The molecule has 1 aromatic heterocycles. The number of aryl methyl sites for hydroxylation is 1. The zero-order valence-corrected chi connectivity index (χ0v) is 12.3. The molecule has 0 unspecified atom stereocenters. The van der Waals surface area contributed by atoms with Crippen LogP contribution in [0.25, 0.3) is 0 Å². The van der Waals surface area contributed by atoms with Gasteiger partial charge in [0, 0.05) is 16.9 Å². The Balaban J connectivity index is 2.33. The van der Waals surface area contributed by atoms with E-state index in [1.54, 1.807) is 6.92 Å². The number of rotatable bonds is 3. The van der Waals surface area contributed by atoms with Crippen molar-refractivity contribution in [2.75, 3.05) is 4.72 Å². The van der Waals surface area contributed by atoms with Crippen molar-refractivity contribution in [3.63, 3.8) is 0 Å². The third kappa shape index (κ3) is 3.30. The first-order valence-corrected chi connectivity index (χ1v) is 7.55. The first kappa shape index (κ1) is 14.0. The molecule has 1 heterocycles. The minimum Gasteiger partial charge on any atom is -0.279 e. The van der Waals surface area contributed by atoms with E-state index in [-0.39, 0.29) is 10.6 Å². The standard InChI is InChI=1S/C12H10BrFN2O2S/c1-8-2-3-10(5-12(8)14)16-19(17,18)11-4-9(13)6-15-7-11/h2-7,16H,1H3. The fourth-order valence-electron chi connectivity index (χ4n) is 1.41. The summed E-state index contributed by atoms with van der Waals surface area (Å²) in [5.41, 5.74) is 0.621. The Hall–Kier alpha value is -1.47.